The van der Waals surface area contributed by atoms with Crippen molar-refractivity contribution in [2.75, 3.05) is 4.90 Å². The van der Waals surface area contributed by atoms with Crippen molar-refractivity contribution in [2.45, 2.75) is 19.3 Å². The fraction of sp³-hybridized carbons (Fsp3) is 0.115. The minimum atomic E-state index is -4.44. The molecular formula is C26H20F3N3O2. The van der Waals surface area contributed by atoms with E-state index in [1.54, 1.807) is 4.90 Å². The van der Waals surface area contributed by atoms with Gasteiger partial charge in [0.1, 0.15) is 6.54 Å². The van der Waals surface area contributed by atoms with Crippen molar-refractivity contribution in [3.05, 3.63) is 119 Å². The third kappa shape index (κ3) is 5.40. The first-order valence-corrected chi connectivity index (χ1v) is 10.4. The van der Waals surface area contributed by atoms with Crippen molar-refractivity contribution in [3.63, 3.8) is 0 Å². The van der Waals surface area contributed by atoms with Gasteiger partial charge in [0, 0.05) is 17.3 Å². The SMILES string of the molecule is O=C(Cn1cnc(-c2ccc(C(F)(F)F)cc2)cc1=O)N(Cc1ccccc1)c1ccccc1. The van der Waals surface area contributed by atoms with E-state index in [9.17, 15) is 22.8 Å². The second-order valence-corrected chi connectivity index (χ2v) is 7.62. The highest BCUT2D eigenvalue weighted by molar-refractivity contribution is 5.93. The van der Waals surface area contributed by atoms with E-state index in [2.05, 4.69) is 4.98 Å². The molecule has 0 radical (unpaired) electrons. The molecule has 0 bridgehead atoms. The van der Waals surface area contributed by atoms with E-state index in [0.717, 1.165) is 17.7 Å². The number of aromatic nitrogens is 2. The third-order valence-electron chi connectivity index (χ3n) is 5.25. The standard InChI is InChI=1S/C26H20F3N3O2/c27-26(28,29)21-13-11-20(12-14-21)23-15-24(33)31(18-30-23)17-25(34)32(22-9-5-2-6-10-22)16-19-7-3-1-4-8-19/h1-15,18H,16-17H2. The zero-order chi connectivity index (χ0) is 24.1. The molecule has 5 nitrogen and oxygen atoms in total. The molecule has 4 rings (SSSR count). The Morgan fingerprint density at radius 3 is 2.09 bits per heavy atom. The van der Waals surface area contributed by atoms with Gasteiger partial charge in [0.05, 0.1) is 24.1 Å². The van der Waals surface area contributed by atoms with E-state index >= 15 is 0 Å². The first-order chi connectivity index (χ1) is 16.3. The van der Waals surface area contributed by atoms with E-state index in [4.69, 9.17) is 0 Å². The number of alkyl halides is 3. The van der Waals surface area contributed by atoms with E-state index in [1.807, 2.05) is 60.7 Å². The Kier molecular flexibility index (Phi) is 6.58. The molecule has 0 aliphatic rings. The van der Waals surface area contributed by atoms with Crippen LogP contribution in [0.3, 0.4) is 0 Å². The molecule has 1 amide bonds. The molecule has 0 atom stereocenters. The summed E-state index contributed by atoms with van der Waals surface area (Å²) >= 11 is 0. The summed E-state index contributed by atoms with van der Waals surface area (Å²) in [4.78, 5) is 31.6. The van der Waals surface area contributed by atoms with Crippen LogP contribution in [0.1, 0.15) is 11.1 Å². The zero-order valence-corrected chi connectivity index (χ0v) is 17.9. The Balaban J connectivity index is 1.56. The normalized spacial score (nSPS) is 11.3. The molecule has 1 aromatic heterocycles. The van der Waals surface area contributed by atoms with Gasteiger partial charge in [-0.2, -0.15) is 13.2 Å². The van der Waals surface area contributed by atoms with Crippen LogP contribution in [-0.2, 0) is 24.1 Å². The van der Waals surface area contributed by atoms with Crippen LogP contribution in [0.4, 0.5) is 18.9 Å². The molecule has 172 valence electrons. The minimum absolute atomic E-state index is 0.228. The van der Waals surface area contributed by atoms with E-state index in [-0.39, 0.29) is 18.1 Å². The maximum atomic E-state index is 13.2. The summed E-state index contributed by atoms with van der Waals surface area (Å²) < 4.78 is 39.5. The number of nitrogens with zero attached hydrogens (tertiary/aromatic N) is 3. The molecule has 0 unspecified atom stereocenters. The third-order valence-corrected chi connectivity index (χ3v) is 5.25. The van der Waals surface area contributed by atoms with Gasteiger partial charge in [-0.3, -0.25) is 14.2 Å². The molecule has 0 saturated heterocycles. The quantitative estimate of drug-likeness (QED) is 0.397. The molecule has 0 fully saturated rings. The maximum absolute atomic E-state index is 13.2. The van der Waals surface area contributed by atoms with Gasteiger partial charge < -0.3 is 4.90 Å². The number of halogens is 3. The lowest BCUT2D eigenvalue weighted by molar-refractivity contribution is -0.137. The summed E-state index contributed by atoms with van der Waals surface area (Å²) in [6.45, 7) is 0.0936. The van der Waals surface area contributed by atoms with Gasteiger partial charge in [0.2, 0.25) is 5.91 Å². The van der Waals surface area contributed by atoms with Crippen LogP contribution in [-0.4, -0.2) is 15.5 Å². The molecule has 0 spiro atoms. The molecule has 0 N–H and O–H groups in total. The predicted molar refractivity (Wildman–Crippen MR) is 123 cm³/mol. The van der Waals surface area contributed by atoms with Gasteiger partial charge in [-0.15, -0.1) is 0 Å². The predicted octanol–water partition coefficient (Wildman–Crippen LogP) is 5.16. The smallest absolute Gasteiger partial charge is 0.306 e. The monoisotopic (exact) mass is 463 g/mol. The van der Waals surface area contributed by atoms with Crippen molar-refractivity contribution in [1.82, 2.24) is 9.55 Å². The minimum Gasteiger partial charge on any atom is -0.306 e. The summed E-state index contributed by atoms with van der Waals surface area (Å²) in [7, 11) is 0. The second kappa shape index (κ2) is 9.74. The average Bonchev–Trinajstić information content (AvgIpc) is 2.84. The average molecular weight is 463 g/mol. The fourth-order valence-electron chi connectivity index (χ4n) is 3.46. The molecular weight excluding hydrogens is 443 g/mol. The molecule has 3 aromatic carbocycles. The van der Waals surface area contributed by atoms with Crippen LogP contribution in [0.2, 0.25) is 0 Å². The van der Waals surface area contributed by atoms with Gasteiger partial charge in [-0.25, -0.2) is 4.98 Å². The van der Waals surface area contributed by atoms with Crippen LogP contribution in [0.15, 0.2) is 102 Å². The molecule has 8 heteroatoms. The van der Waals surface area contributed by atoms with Crippen LogP contribution >= 0.6 is 0 Å². The number of amides is 1. The Labute approximate surface area is 193 Å². The number of hydrogen-bond acceptors (Lipinski definition) is 3. The van der Waals surface area contributed by atoms with E-state index in [0.29, 0.717) is 17.8 Å². The lowest BCUT2D eigenvalue weighted by Crippen LogP contribution is -2.36. The summed E-state index contributed by atoms with van der Waals surface area (Å²) in [6.07, 6.45) is -3.21. The Hall–Kier alpha value is -4.20. The molecule has 0 saturated carbocycles. The van der Waals surface area contributed by atoms with Crippen molar-refractivity contribution in [2.24, 2.45) is 0 Å². The van der Waals surface area contributed by atoms with Crippen LogP contribution in [0.5, 0.6) is 0 Å². The Morgan fingerprint density at radius 1 is 0.882 bits per heavy atom. The first-order valence-electron chi connectivity index (χ1n) is 10.4. The van der Waals surface area contributed by atoms with Crippen LogP contribution in [0.25, 0.3) is 11.3 Å². The Morgan fingerprint density at radius 2 is 1.50 bits per heavy atom. The Bertz CT molecular complexity index is 1320. The number of para-hydroxylation sites is 1. The highest BCUT2D eigenvalue weighted by Gasteiger charge is 2.30. The first kappa shape index (κ1) is 23.0. The van der Waals surface area contributed by atoms with Gasteiger partial charge in [-0.05, 0) is 29.8 Å². The number of carbonyl (C=O) groups is 1. The number of anilines is 1. The molecule has 1 heterocycles. The van der Waals surface area contributed by atoms with Crippen LogP contribution < -0.4 is 10.5 Å². The highest BCUT2D eigenvalue weighted by atomic mass is 19.4. The topological polar surface area (TPSA) is 55.2 Å². The lowest BCUT2D eigenvalue weighted by atomic mass is 10.1. The van der Waals surface area contributed by atoms with Gasteiger partial charge in [0.25, 0.3) is 5.56 Å². The molecule has 0 aliphatic heterocycles. The van der Waals surface area contributed by atoms with E-state index in [1.165, 1.54) is 29.1 Å². The number of carbonyl (C=O) groups excluding carboxylic acids is 1. The highest BCUT2D eigenvalue weighted by Crippen LogP contribution is 2.30. The number of rotatable bonds is 6. The second-order valence-electron chi connectivity index (χ2n) is 7.62. The number of benzene rings is 3. The van der Waals surface area contributed by atoms with Crippen molar-refractivity contribution < 1.29 is 18.0 Å². The van der Waals surface area contributed by atoms with Gasteiger partial charge >= 0.3 is 6.18 Å². The summed E-state index contributed by atoms with van der Waals surface area (Å²) in [5.74, 6) is -0.304. The molecule has 4 aromatic rings. The number of hydrogen-bond donors (Lipinski definition) is 0. The van der Waals surface area contributed by atoms with E-state index < -0.39 is 17.3 Å². The summed E-state index contributed by atoms with van der Waals surface area (Å²) in [5.41, 5.74) is 0.965. The maximum Gasteiger partial charge on any atom is 0.416 e. The summed E-state index contributed by atoms with van der Waals surface area (Å²) in [5, 5.41) is 0. The van der Waals surface area contributed by atoms with Gasteiger partial charge in [-0.1, -0.05) is 60.7 Å². The zero-order valence-electron chi connectivity index (χ0n) is 17.9. The lowest BCUT2D eigenvalue weighted by Gasteiger charge is -2.23. The van der Waals surface area contributed by atoms with Crippen molar-refractivity contribution in [1.29, 1.82) is 0 Å². The van der Waals surface area contributed by atoms with Crippen molar-refractivity contribution >= 4 is 11.6 Å². The molecule has 0 aliphatic carbocycles. The van der Waals surface area contributed by atoms with Gasteiger partial charge in [0.15, 0.2) is 0 Å². The molecule has 34 heavy (non-hydrogen) atoms. The fourth-order valence-corrected chi connectivity index (χ4v) is 3.46. The largest absolute Gasteiger partial charge is 0.416 e. The van der Waals surface area contributed by atoms with Crippen LogP contribution in [0, 0.1) is 0 Å². The van der Waals surface area contributed by atoms with Crippen molar-refractivity contribution in [3.8, 4) is 11.3 Å². The summed E-state index contributed by atoms with van der Waals surface area (Å²) in [6, 6.07) is 24.2.